The molecule has 108 valence electrons. The van der Waals surface area contributed by atoms with Crippen LogP contribution in [0.3, 0.4) is 0 Å². The van der Waals surface area contributed by atoms with Crippen LogP contribution in [0.15, 0.2) is 27.5 Å². The molecule has 0 bridgehead atoms. The van der Waals surface area contributed by atoms with Crippen LogP contribution in [-0.4, -0.2) is 19.5 Å². The number of H-pyrrole nitrogens is 1. The van der Waals surface area contributed by atoms with Crippen molar-refractivity contribution < 1.29 is 4.39 Å². The maximum atomic E-state index is 13.9. The number of imidazole rings is 1. The van der Waals surface area contributed by atoms with E-state index in [1.807, 2.05) is 0 Å². The fraction of sp³-hybridized carbons (Fsp3) is 0.0833. The molecule has 0 saturated heterocycles. The van der Waals surface area contributed by atoms with Crippen molar-refractivity contribution in [2.45, 2.75) is 6.54 Å². The number of benzene rings is 1. The number of aromatic amines is 1. The Morgan fingerprint density at radius 2 is 2.19 bits per heavy atom. The van der Waals surface area contributed by atoms with E-state index < -0.39 is 11.5 Å². The number of hydrogen-bond acceptors (Lipinski definition) is 4. The van der Waals surface area contributed by atoms with Gasteiger partial charge in [-0.15, -0.1) is 0 Å². The Morgan fingerprint density at radius 3 is 2.90 bits per heavy atom. The summed E-state index contributed by atoms with van der Waals surface area (Å²) in [6.45, 7) is 0.00469. The van der Waals surface area contributed by atoms with Crippen molar-refractivity contribution in [3.63, 3.8) is 0 Å². The molecule has 3 aromatic rings. The third-order valence-electron chi connectivity index (χ3n) is 2.94. The second-order valence-electron chi connectivity index (χ2n) is 4.32. The number of nitrogens with two attached hydrogens (primary N) is 1. The second kappa shape index (κ2) is 5.12. The summed E-state index contributed by atoms with van der Waals surface area (Å²) < 4.78 is 15.8. The van der Waals surface area contributed by atoms with Crippen LogP contribution in [0, 0.1) is 5.82 Å². The van der Waals surface area contributed by atoms with Gasteiger partial charge in [0.2, 0.25) is 5.95 Å². The van der Waals surface area contributed by atoms with Gasteiger partial charge >= 0.3 is 5.69 Å². The molecule has 0 aliphatic carbocycles. The Hall–Kier alpha value is -1.93. The van der Waals surface area contributed by atoms with Crippen LogP contribution in [0.4, 0.5) is 10.3 Å². The fourth-order valence-corrected chi connectivity index (χ4v) is 2.53. The average molecular weight is 373 g/mol. The highest BCUT2D eigenvalue weighted by Gasteiger charge is 2.15. The van der Waals surface area contributed by atoms with E-state index in [2.05, 4.69) is 30.9 Å². The molecule has 2 aromatic heterocycles. The second-order valence-corrected chi connectivity index (χ2v) is 5.60. The third-order valence-corrected chi connectivity index (χ3v) is 3.71. The van der Waals surface area contributed by atoms with Crippen molar-refractivity contribution in [1.82, 2.24) is 19.5 Å². The van der Waals surface area contributed by atoms with E-state index in [1.165, 1.54) is 10.6 Å². The van der Waals surface area contributed by atoms with E-state index in [9.17, 15) is 9.18 Å². The molecule has 0 aliphatic heterocycles. The predicted molar refractivity (Wildman–Crippen MR) is 80.8 cm³/mol. The topological polar surface area (TPSA) is 89.6 Å². The monoisotopic (exact) mass is 371 g/mol. The Labute approximate surface area is 130 Å². The zero-order valence-corrected chi connectivity index (χ0v) is 12.7. The van der Waals surface area contributed by atoms with Crippen molar-refractivity contribution >= 4 is 44.6 Å². The van der Waals surface area contributed by atoms with Gasteiger partial charge in [-0.25, -0.2) is 9.18 Å². The predicted octanol–water partition coefficient (Wildman–Crippen LogP) is 2.31. The number of hydrogen-bond donors (Lipinski definition) is 2. The van der Waals surface area contributed by atoms with Gasteiger partial charge in [0.05, 0.1) is 6.54 Å². The number of halogens is 3. The van der Waals surface area contributed by atoms with Crippen molar-refractivity contribution in [3.8, 4) is 0 Å². The summed E-state index contributed by atoms with van der Waals surface area (Å²) in [5.74, 6) is -0.490. The first-order chi connectivity index (χ1) is 9.95. The van der Waals surface area contributed by atoms with Crippen molar-refractivity contribution in [2.75, 3.05) is 5.73 Å². The van der Waals surface area contributed by atoms with Crippen molar-refractivity contribution in [3.05, 3.63) is 49.7 Å². The lowest BCUT2D eigenvalue weighted by atomic mass is 10.2. The Bertz CT molecular complexity index is 907. The van der Waals surface area contributed by atoms with E-state index >= 15 is 0 Å². The maximum absolute atomic E-state index is 13.9. The Morgan fingerprint density at radius 1 is 1.43 bits per heavy atom. The molecule has 3 rings (SSSR count). The molecule has 0 spiro atoms. The van der Waals surface area contributed by atoms with Gasteiger partial charge < -0.3 is 10.7 Å². The molecule has 6 nitrogen and oxygen atoms in total. The molecule has 0 aliphatic rings. The van der Waals surface area contributed by atoms with Gasteiger partial charge in [-0.05, 0) is 12.1 Å². The van der Waals surface area contributed by atoms with Gasteiger partial charge in [-0.2, -0.15) is 9.97 Å². The summed E-state index contributed by atoms with van der Waals surface area (Å²) in [5, 5.41) is 0.0460. The third kappa shape index (κ3) is 2.52. The quantitative estimate of drug-likeness (QED) is 0.676. The minimum absolute atomic E-state index is 0.00469. The number of rotatable bonds is 2. The van der Waals surface area contributed by atoms with Crippen LogP contribution < -0.4 is 11.4 Å². The van der Waals surface area contributed by atoms with Crippen LogP contribution in [0.2, 0.25) is 5.15 Å². The molecule has 0 unspecified atom stereocenters. The van der Waals surface area contributed by atoms with Gasteiger partial charge in [0.15, 0.2) is 10.8 Å². The van der Waals surface area contributed by atoms with Gasteiger partial charge in [-0.3, -0.25) is 4.57 Å². The number of nitrogens with zero attached hydrogens (tertiary/aromatic N) is 3. The maximum Gasteiger partial charge on any atom is 0.328 e. The van der Waals surface area contributed by atoms with Crippen LogP contribution >= 0.6 is 27.5 Å². The van der Waals surface area contributed by atoms with Gasteiger partial charge in [0.25, 0.3) is 0 Å². The highest BCUT2D eigenvalue weighted by atomic mass is 79.9. The Kier molecular flexibility index (Phi) is 3.42. The van der Waals surface area contributed by atoms with Crippen molar-refractivity contribution in [2.24, 2.45) is 0 Å². The Balaban J connectivity index is 2.16. The lowest BCUT2D eigenvalue weighted by Crippen LogP contribution is -2.18. The molecule has 0 fully saturated rings. The lowest BCUT2D eigenvalue weighted by Gasteiger charge is -2.05. The molecule has 0 saturated carbocycles. The summed E-state index contributed by atoms with van der Waals surface area (Å²) in [6.07, 6.45) is 0. The first-order valence-electron chi connectivity index (χ1n) is 5.81. The first-order valence-corrected chi connectivity index (χ1v) is 6.98. The van der Waals surface area contributed by atoms with Crippen LogP contribution in [0.5, 0.6) is 0 Å². The first kappa shape index (κ1) is 14.0. The normalized spacial score (nSPS) is 11.2. The van der Waals surface area contributed by atoms with Crippen LogP contribution in [0.25, 0.3) is 11.2 Å². The largest absolute Gasteiger partial charge is 0.368 e. The van der Waals surface area contributed by atoms with Crippen molar-refractivity contribution in [1.29, 1.82) is 0 Å². The summed E-state index contributed by atoms with van der Waals surface area (Å²) in [7, 11) is 0. The SMILES string of the molecule is Nc1nc(Cl)c2[nH]c(=O)n(Cc3ccc(Br)cc3F)c2n1. The molecular formula is C12H8BrClFN5O. The molecule has 9 heteroatoms. The zero-order valence-electron chi connectivity index (χ0n) is 10.4. The molecular weight excluding hydrogens is 365 g/mol. The highest BCUT2D eigenvalue weighted by Crippen LogP contribution is 2.20. The van der Waals surface area contributed by atoms with E-state index in [0.717, 1.165) is 0 Å². The summed E-state index contributed by atoms with van der Waals surface area (Å²) >= 11 is 9.09. The summed E-state index contributed by atoms with van der Waals surface area (Å²) in [6, 6.07) is 4.59. The minimum atomic E-state index is -0.464. The molecule has 1 aromatic carbocycles. The molecule has 21 heavy (non-hydrogen) atoms. The van der Waals surface area contributed by atoms with Crippen LogP contribution in [0.1, 0.15) is 5.56 Å². The highest BCUT2D eigenvalue weighted by molar-refractivity contribution is 9.10. The number of aromatic nitrogens is 4. The molecule has 2 heterocycles. The van der Waals surface area contributed by atoms with Gasteiger partial charge in [0.1, 0.15) is 11.3 Å². The molecule has 0 radical (unpaired) electrons. The summed E-state index contributed by atoms with van der Waals surface area (Å²) in [5.41, 5.74) is 5.92. The summed E-state index contributed by atoms with van der Waals surface area (Å²) in [4.78, 5) is 22.3. The minimum Gasteiger partial charge on any atom is -0.368 e. The molecule has 3 N–H and O–H groups in total. The van der Waals surface area contributed by atoms with Crippen LogP contribution in [-0.2, 0) is 6.54 Å². The van der Waals surface area contributed by atoms with Gasteiger partial charge in [-0.1, -0.05) is 33.6 Å². The number of fused-ring (bicyclic) bond motifs is 1. The number of nitrogen functional groups attached to an aromatic ring is 1. The average Bonchev–Trinajstić information content (AvgIpc) is 2.70. The standard InChI is InChI=1S/C12H8BrClFN5O/c13-6-2-1-5(7(15)3-6)4-20-10-8(17-12(20)21)9(14)18-11(16)19-10/h1-3H,4H2,(H,17,21)(H2,16,18,19). The molecule has 0 amide bonds. The smallest absolute Gasteiger partial charge is 0.328 e. The van der Waals surface area contributed by atoms with E-state index in [4.69, 9.17) is 17.3 Å². The van der Waals surface area contributed by atoms with E-state index in [1.54, 1.807) is 12.1 Å². The van der Waals surface area contributed by atoms with E-state index in [0.29, 0.717) is 10.0 Å². The molecule has 0 atom stereocenters. The number of nitrogens with one attached hydrogen (secondary N) is 1. The fourth-order valence-electron chi connectivity index (χ4n) is 1.98. The van der Waals surface area contributed by atoms with Gasteiger partial charge in [0, 0.05) is 10.0 Å². The zero-order chi connectivity index (χ0) is 15.1. The van der Waals surface area contributed by atoms with E-state index in [-0.39, 0.29) is 28.8 Å². The number of anilines is 1. The lowest BCUT2D eigenvalue weighted by molar-refractivity contribution is 0.598.